The summed E-state index contributed by atoms with van der Waals surface area (Å²) in [6.45, 7) is 0.604. The largest absolute Gasteiger partial charge is 0.480 e. The summed E-state index contributed by atoms with van der Waals surface area (Å²) >= 11 is 0. The van der Waals surface area contributed by atoms with Crippen molar-refractivity contribution in [3.63, 3.8) is 0 Å². The van der Waals surface area contributed by atoms with E-state index in [4.69, 9.17) is 16.6 Å². The molecule has 0 bridgehead atoms. The van der Waals surface area contributed by atoms with E-state index in [2.05, 4.69) is 0 Å². The summed E-state index contributed by atoms with van der Waals surface area (Å²) in [7, 11) is 0. The fourth-order valence-electron chi connectivity index (χ4n) is 0.632. The predicted octanol–water partition coefficient (Wildman–Crippen LogP) is -0.475. The van der Waals surface area contributed by atoms with Crippen molar-refractivity contribution in [1.82, 2.24) is 0 Å². The van der Waals surface area contributed by atoms with Gasteiger partial charge in [0.2, 0.25) is 0 Å². The van der Waals surface area contributed by atoms with E-state index in [-0.39, 0.29) is 16.8 Å². The molecule has 0 unspecified atom stereocenters. The quantitative estimate of drug-likeness (QED) is 0.529. The van der Waals surface area contributed by atoms with Crippen LogP contribution < -0.4 is 11.5 Å². The van der Waals surface area contributed by atoms with Crippen LogP contribution >= 0.6 is 0 Å². The van der Waals surface area contributed by atoms with Crippen LogP contribution in [-0.2, 0) is 21.6 Å². The molecule has 0 spiro atoms. The minimum Gasteiger partial charge on any atom is -0.480 e. The molecule has 0 amide bonds. The van der Waals surface area contributed by atoms with Crippen LogP contribution in [0.25, 0.3) is 0 Å². The summed E-state index contributed by atoms with van der Waals surface area (Å²) in [6.07, 6.45) is 2.16. The van der Waals surface area contributed by atoms with Crippen molar-refractivity contribution < 1.29 is 26.7 Å². The number of unbranched alkanes of at least 4 members (excludes halogenated alkanes) is 1. The van der Waals surface area contributed by atoms with Gasteiger partial charge in [0.05, 0.1) is 0 Å². The molecule has 69 valence electrons. The second kappa shape index (κ2) is 8.00. The molecule has 0 saturated heterocycles. The topological polar surface area (TPSA) is 89.3 Å². The second-order valence-electron chi connectivity index (χ2n) is 2.23. The summed E-state index contributed by atoms with van der Waals surface area (Å²) in [5, 5.41) is 8.33. The Morgan fingerprint density at radius 3 is 2.36 bits per heavy atom. The average Bonchev–Trinajstić information content (AvgIpc) is 1.88. The van der Waals surface area contributed by atoms with Gasteiger partial charge in [-0.1, -0.05) is 6.42 Å². The van der Waals surface area contributed by atoms with Gasteiger partial charge in [0, 0.05) is 16.8 Å². The molecule has 11 heavy (non-hydrogen) atoms. The Bertz CT molecular complexity index is 111. The smallest absolute Gasteiger partial charge is 0.320 e. The third-order valence-corrected chi connectivity index (χ3v) is 1.29. The first-order valence-electron chi connectivity index (χ1n) is 3.37. The number of rotatable bonds is 5. The van der Waals surface area contributed by atoms with Gasteiger partial charge >= 0.3 is 5.97 Å². The van der Waals surface area contributed by atoms with E-state index in [0.29, 0.717) is 13.0 Å². The molecule has 0 aliphatic rings. The third kappa shape index (κ3) is 7.80. The van der Waals surface area contributed by atoms with Gasteiger partial charge < -0.3 is 16.6 Å². The van der Waals surface area contributed by atoms with Crippen LogP contribution in [0, 0.1) is 0 Å². The minimum absolute atomic E-state index is 0. The molecule has 0 fully saturated rings. The van der Waals surface area contributed by atoms with Crippen LogP contribution in [0.4, 0.5) is 0 Å². The van der Waals surface area contributed by atoms with Crippen molar-refractivity contribution in [3.8, 4) is 0 Å². The standard InChI is InChI=1S/C6H14N2O2.Co/c7-4-2-1-3-5(8)6(9)10;/h5H,1-4,7-8H2,(H,9,10);/t5-;/m0./s1. The molecule has 5 heteroatoms. The van der Waals surface area contributed by atoms with Crippen molar-refractivity contribution in [2.24, 2.45) is 11.5 Å². The number of aliphatic carboxylic acids is 1. The van der Waals surface area contributed by atoms with Crippen molar-refractivity contribution in [2.45, 2.75) is 25.3 Å². The van der Waals surface area contributed by atoms with Gasteiger partial charge in [0.1, 0.15) is 6.04 Å². The van der Waals surface area contributed by atoms with Crippen LogP contribution in [0.3, 0.4) is 0 Å². The van der Waals surface area contributed by atoms with E-state index in [1.54, 1.807) is 0 Å². The number of carbonyl (C=O) groups is 1. The fraction of sp³-hybridized carbons (Fsp3) is 0.833. The van der Waals surface area contributed by atoms with Crippen molar-refractivity contribution in [2.75, 3.05) is 6.54 Å². The first kappa shape index (κ1) is 13.5. The number of hydrogen-bond donors (Lipinski definition) is 3. The predicted molar refractivity (Wildman–Crippen MR) is 38.5 cm³/mol. The van der Waals surface area contributed by atoms with Gasteiger partial charge in [-0.05, 0) is 19.4 Å². The van der Waals surface area contributed by atoms with E-state index >= 15 is 0 Å². The van der Waals surface area contributed by atoms with Crippen LogP contribution in [-0.4, -0.2) is 23.7 Å². The molecule has 0 aromatic rings. The number of nitrogens with two attached hydrogens (primary N) is 2. The summed E-state index contributed by atoms with van der Waals surface area (Å²) in [5.74, 6) is -0.933. The molecule has 0 aromatic heterocycles. The van der Waals surface area contributed by atoms with Gasteiger partial charge in [-0.3, -0.25) is 4.79 Å². The molecule has 5 N–H and O–H groups in total. The molecule has 0 rings (SSSR count). The Hall–Kier alpha value is -0.104. The normalized spacial score (nSPS) is 11.8. The first-order chi connectivity index (χ1) is 4.68. The van der Waals surface area contributed by atoms with Gasteiger partial charge in [0.25, 0.3) is 0 Å². The molecule has 0 aromatic carbocycles. The third-order valence-electron chi connectivity index (χ3n) is 1.29. The van der Waals surface area contributed by atoms with Gasteiger partial charge in [0.15, 0.2) is 0 Å². The Balaban J connectivity index is 0. The molecule has 0 aliphatic carbocycles. The summed E-state index contributed by atoms with van der Waals surface area (Å²) < 4.78 is 0. The van der Waals surface area contributed by atoms with Crippen molar-refractivity contribution in [1.29, 1.82) is 0 Å². The Kier molecular flexibility index (Phi) is 9.80. The molecular formula is C6H14CoN2O2. The molecule has 0 saturated carbocycles. The zero-order valence-corrected chi connectivity index (χ0v) is 7.29. The molecule has 1 atom stereocenters. The molecule has 0 heterocycles. The average molecular weight is 205 g/mol. The number of carboxylic acid groups (broad SMARTS) is 1. The van der Waals surface area contributed by atoms with Crippen LogP contribution in [0.5, 0.6) is 0 Å². The number of hydrogen-bond acceptors (Lipinski definition) is 3. The maximum absolute atomic E-state index is 10.1. The summed E-state index contributed by atoms with van der Waals surface area (Å²) in [4.78, 5) is 10.1. The Labute approximate surface area is 76.5 Å². The van der Waals surface area contributed by atoms with E-state index in [1.807, 2.05) is 0 Å². The summed E-state index contributed by atoms with van der Waals surface area (Å²) in [5.41, 5.74) is 10.4. The minimum atomic E-state index is -0.933. The van der Waals surface area contributed by atoms with Gasteiger partial charge in [-0.2, -0.15) is 0 Å². The molecule has 1 radical (unpaired) electrons. The first-order valence-corrected chi connectivity index (χ1v) is 3.37. The summed E-state index contributed by atoms with van der Waals surface area (Å²) in [6, 6.07) is -0.716. The van der Waals surface area contributed by atoms with Gasteiger partial charge in [-0.25, -0.2) is 0 Å². The molecule has 0 aliphatic heterocycles. The molecule has 4 nitrogen and oxygen atoms in total. The van der Waals surface area contributed by atoms with Crippen LogP contribution in [0.2, 0.25) is 0 Å². The van der Waals surface area contributed by atoms with E-state index in [9.17, 15) is 4.79 Å². The monoisotopic (exact) mass is 205 g/mol. The maximum atomic E-state index is 10.1. The van der Waals surface area contributed by atoms with Gasteiger partial charge in [-0.15, -0.1) is 0 Å². The van der Waals surface area contributed by atoms with Crippen LogP contribution in [0.1, 0.15) is 19.3 Å². The van der Waals surface area contributed by atoms with E-state index < -0.39 is 12.0 Å². The maximum Gasteiger partial charge on any atom is 0.320 e. The second-order valence-corrected chi connectivity index (χ2v) is 2.23. The Morgan fingerprint density at radius 2 is 2.00 bits per heavy atom. The number of carboxylic acids is 1. The van der Waals surface area contributed by atoms with Crippen molar-refractivity contribution in [3.05, 3.63) is 0 Å². The fourth-order valence-corrected chi connectivity index (χ4v) is 0.632. The Morgan fingerprint density at radius 1 is 1.45 bits per heavy atom. The zero-order chi connectivity index (χ0) is 7.98. The van der Waals surface area contributed by atoms with E-state index in [0.717, 1.165) is 12.8 Å². The van der Waals surface area contributed by atoms with Crippen molar-refractivity contribution >= 4 is 5.97 Å². The van der Waals surface area contributed by atoms with Crippen LogP contribution in [0.15, 0.2) is 0 Å². The zero-order valence-electron chi connectivity index (χ0n) is 6.25. The van der Waals surface area contributed by atoms with E-state index in [1.165, 1.54) is 0 Å². The SMILES string of the molecule is NCCCC[C@H](N)C(=O)O.[Co]. The molecular weight excluding hydrogens is 191 g/mol.